The maximum absolute atomic E-state index is 12.7. The highest BCUT2D eigenvalue weighted by Gasteiger charge is 2.41. The van der Waals surface area contributed by atoms with Crippen molar-refractivity contribution in [2.24, 2.45) is 0 Å². The number of fused-ring (bicyclic) bond motifs is 1. The van der Waals surface area contributed by atoms with Gasteiger partial charge >= 0.3 is 0 Å². The van der Waals surface area contributed by atoms with Gasteiger partial charge in [0.05, 0.1) is 18.8 Å². The third kappa shape index (κ3) is 2.40. The van der Waals surface area contributed by atoms with Gasteiger partial charge in [-0.25, -0.2) is 0 Å². The highest BCUT2D eigenvalue weighted by atomic mass is 16.7. The second kappa shape index (κ2) is 5.41. The van der Waals surface area contributed by atoms with E-state index in [1.54, 1.807) is 0 Å². The molecule has 1 aromatic rings. The maximum atomic E-state index is 12.7. The van der Waals surface area contributed by atoms with Gasteiger partial charge in [-0.3, -0.25) is 4.79 Å². The fraction of sp³-hybridized carbons (Fsp3) is 0.471. The van der Waals surface area contributed by atoms with Gasteiger partial charge in [0.15, 0.2) is 5.79 Å². The standard InChI is InChI=1S/C17H19NO4/c19-16(14-11-13-3-1-2-4-15(13)20-12-14)18-7-5-17(6-8-18)21-9-10-22-17/h1-4,11H,5-10,12H2. The van der Waals surface area contributed by atoms with E-state index >= 15 is 0 Å². The minimum atomic E-state index is -0.444. The molecular formula is C17H19NO4. The number of piperidine rings is 1. The number of hydrogen-bond donors (Lipinski definition) is 0. The predicted octanol–water partition coefficient (Wildman–Crippen LogP) is 1.83. The molecule has 5 heteroatoms. The van der Waals surface area contributed by atoms with Gasteiger partial charge in [-0.1, -0.05) is 18.2 Å². The second-order valence-electron chi connectivity index (χ2n) is 5.90. The van der Waals surface area contributed by atoms with Crippen LogP contribution in [0.3, 0.4) is 0 Å². The molecule has 1 aromatic carbocycles. The molecule has 1 spiro atoms. The van der Waals surface area contributed by atoms with Crippen LogP contribution in [0.25, 0.3) is 6.08 Å². The number of amides is 1. The van der Waals surface area contributed by atoms with Gasteiger partial charge in [0.25, 0.3) is 5.91 Å². The molecule has 0 saturated carbocycles. The molecule has 1 amide bonds. The fourth-order valence-electron chi connectivity index (χ4n) is 3.28. The Bertz CT molecular complexity index is 609. The van der Waals surface area contributed by atoms with Crippen molar-refractivity contribution in [3.63, 3.8) is 0 Å². The number of ether oxygens (including phenoxy) is 3. The second-order valence-corrected chi connectivity index (χ2v) is 5.90. The summed E-state index contributed by atoms with van der Waals surface area (Å²) in [6.45, 7) is 2.98. The Morgan fingerprint density at radius 2 is 1.82 bits per heavy atom. The van der Waals surface area contributed by atoms with Crippen LogP contribution in [0.5, 0.6) is 5.75 Å². The molecule has 3 heterocycles. The molecule has 0 bridgehead atoms. The lowest BCUT2D eigenvalue weighted by atomic mass is 10.0. The van der Waals surface area contributed by atoms with Crippen molar-refractivity contribution in [3.8, 4) is 5.75 Å². The lowest BCUT2D eigenvalue weighted by Crippen LogP contribution is -2.48. The van der Waals surface area contributed by atoms with E-state index in [4.69, 9.17) is 14.2 Å². The van der Waals surface area contributed by atoms with Crippen molar-refractivity contribution >= 4 is 12.0 Å². The Balaban J connectivity index is 1.46. The third-order valence-electron chi connectivity index (χ3n) is 4.53. The molecule has 22 heavy (non-hydrogen) atoms. The summed E-state index contributed by atoms with van der Waals surface area (Å²) in [5, 5.41) is 0. The van der Waals surface area contributed by atoms with E-state index in [1.807, 2.05) is 35.2 Å². The zero-order valence-electron chi connectivity index (χ0n) is 12.4. The minimum Gasteiger partial charge on any atom is -0.488 e. The van der Waals surface area contributed by atoms with E-state index in [0.717, 1.165) is 24.2 Å². The molecule has 4 rings (SSSR count). The van der Waals surface area contributed by atoms with E-state index in [9.17, 15) is 4.79 Å². The number of carbonyl (C=O) groups is 1. The monoisotopic (exact) mass is 301 g/mol. The highest BCUT2D eigenvalue weighted by Crippen LogP contribution is 2.32. The largest absolute Gasteiger partial charge is 0.488 e. The summed E-state index contributed by atoms with van der Waals surface area (Å²) in [6, 6.07) is 7.77. The van der Waals surface area contributed by atoms with Gasteiger partial charge in [-0.2, -0.15) is 0 Å². The van der Waals surface area contributed by atoms with Gasteiger partial charge in [0.1, 0.15) is 12.4 Å². The van der Waals surface area contributed by atoms with Crippen molar-refractivity contribution in [2.75, 3.05) is 32.9 Å². The zero-order chi connectivity index (χ0) is 15.0. The van der Waals surface area contributed by atoms with Crippen LogP contribution >= 0.6 is 0 Å². The van der Waals surface area contributed by atoms with E-state index in [2.05, 4.69) is 0 Å². The van der Waals surface area contributed by atoms with Crippen LogP contribution in [-0.4, -0.2) is 49.5 Å². The molecule has 0 radical (unpaired) electrons. The summed E-state index contributed by atoms with van der Waals surface area (Å²) in [5.74, 6) is 0.452. The summed E-state index contributed by atoms with van der Waals surface area (Å²) < 4.78 is 17.1. The molecule has 3 aliphatic rings. The molecule has 5 nitrogen and oxygen atoms in total. The number of hydrogen-bond acceptors (Lipinski definition) is 4. The minimum absolute atomic E-state index is 0.0577. The molecule has 2 saturated heterocycles. The van der Waals surface area contributed by atoms with Gasteiger partial charge in [-0.15, -0.1) is 0 Å². The quantitative estimate of drug-likeness (QED) is 0.794. The van der Waals surface area contributed by atoms with E-state index in [-0.39, 0.29) is 5.91 Å². The third-order valence-corrected chi connectivity index (χ3v) is 4.53. The van der Waals surface area contributed by atoms with Crippen molar-refractivity contribution in [1.82, 2.24) is 4.90 Å². The number of likely N-dealkylation sites (tertiary alicyclic amines) is 1. The Morgan fingerprint density at radius 1 is 1.09 bits per heavy atom. The summed E-state index contributed by atoms with van der Waals surface area (Å²) in [5.41, 5.74) is 1.68. The molecule has 0 N–H and O–H groups in total. The van der Waals surface area contributed by atoms with Crippen molar-refractivity contribution in [1.29, 1.82) is 0 Å². The summed E-state index contributed by atoms with van der Waals surface area (Å²) in [7, 11) is 0. The maximum Gasteiger partial charge on any atom is 0.253 e. The van der Waals surface area contributed by atoms with Gasteiger partial charge < -0.3 is 19.1 Å². The van der Waals surface area contributed by atoms with Crippen molar-refractivity contribution in [2.45, 2.75) is 18.6 Å². The van der Waals surface area contributed by atoms with E-state index in [0.29, 0.717) is 38.5 Å². The van der Waals surface area contributed by atoms with Crippen LogP contribution in [0.15, 0.2) is 29.8 Å². The number of carbonyl (C=O) groups excluding carboxylic acids is 1. The van der Waals surface area contributed by atoms with Gasteiger partial charge in [0, 0.05) is 31.5 Å². The Labute approximate surface area is 129 Å². The van der Waals surface area contributed by atoms with Crippen molar-refractivity contribution < 1.29 is 19.0 Å². The van der Waals surface area contributed by atoms with Crippen LogP contribution in [0.1, 0.15) is 18.4 Å². The summed E-state index contributed by atoms with van der Waals surface area (Å²) in [4.78, 5) is 14.5. The SMILES string of the molecule is O=C(C1=Cc2ccccc2OC1)N1CCC2(CC1)OCCO2. The Hall–Kier alpha value is -1.85. The molecular weight excluding hydrogens is 282 g/mol. The van der Waals surface area contributed by atoms with E-state index in [1.165, 1.54) is 0 Å². The first-order valence-electron chi connectivity index (χ1n) is 7.75. The van der Waals surface area contributed by atoms with Crippen LogP contribution in [-0.2, 0) is 14.3 Å². The van der Waals surface area contributed by atoms with E-state index < -0.39 is 5.79 Å². The Kier molecular flexibility index (Phi) is 3.39. The number of nitrogens with zero attached hydrogens (tertiary/aromatic N) is 1. The molecule has 0 unspecified atom stereocenters. The number of para-hydroxylation sites is 1. The molecule has 116 valence electrons. The average Bonchev–Trinajstić information content (AvgIpc) is 3.02. The lowest BCUT2D eigenvalue weighted by Gasteiger charge is -2.38. The molecule has 2 fully saturated rings. The first-order chi connectivity index (χ1) is 10.8. The predicted molar refractivity (Wildman–Crippen MR) is 80.4 cm³/mol. The molecule has 0 aromatic heterocycles. The van der Waals surface area contributed by atoms with Crippen LogP contribution in [0, 0.1) is 0 Å². The number of benzene rings is 1. The normalized spacial score (nSPS) is 22.9. The average molecular weight is 301 g/mol. The topological polar surface area (TPSA) is 48.0 Å². The zero-order valence-corrected chi connectivity index (χ0v) is 12.4. The molecule has 0 aliphatic carbocycles. The van der Waals surface area contributed by atoms with Crippen molar-refractivity contribution in [3.05, 3.63) is 35.4 Å². The fourth-order valence-corrected chi connectivity index (χ4v) is 3.28. The lowest BCUT2D eigenvalue weighted by molar-refractivity contribution is -0.186. The summed E-state index contributed by atoms with van der Waals surface area (Å²) in [6.07, 6.45) is 3.42. The first kappa shape index (κ1) is 13.8. The first-order valence-corrected chi connectivity index (χ1v) is 7.75. The number of rotatable bonds is 1. The molecule has 3 aliphatic heterocycles. The van der Waals surface area contributed by atoms with Gasteiger partial charge in [0.2, 0.25) is 0 Å². The smallest absolute Gasteiger partial charge is 0.253 e. The Morgan fingerprint density at radius 3 is 2.59 bits per heavy atom. The van der Waals surface area contributed by atoms with Crippen LogP contribution in [0.2, 0.25) is 0 Å². The highest BCUT2D eigenvalue weighted by molar-refractivity contribution is 5.99. The van der Waals surface area contributed by atoms with Crippen LogP contribution < -0.4 is 4.74 Å². The summed E-state index contributed by atoms with van der Waals surface area (Å²) >= 11 is 0. The van der Waals surface area contributed by atoms with Gasteiger partial charge in [-0.05, 0) is 12.1 Å². The molecule has 0 atom stereocenters. The van der Waals surface area contributed by atoms with Crippen LogP contribution in [0.4, 0.5) is 0 Å².